The molecule has 5 nitrogen and oxygen atoms in total. The van der Waals surface area contributed by atoms with Crippen molar-refractivity contribution in [2.75, 3.05) is 27.2 Å². The van der Waals surface area contributed by atoms with E-state index in [0.717, 1.165) is 57.9 Å². The molecule has 244 valence electrons. The molecule has 0 spiro atoms. The Labute approximate surface area is 256 Å². The molecule has 0 amide bonds. The average molecular weight is 582 g/mol. The van der Waals surface area contributed by atoms with Crippen LogP contribution in [-0.4, -0.2) is 50.2 Å². The van der Waals surface area contributed by atoms with Gasteiger partial charge in [0.2, 0.25) is 0 Å². The van der Waals surface area contributed by atoms with E-state index in [2.05, 4.69) is 25.7 Å². The number of esters is 2. The summed E-state index contributed by atoms with van der Waals surface area (Å²) >= 11 is 0. The second-order valence-electron chi connectivity index (χ2n) is 12.9. The summed E-state index contributed by atoms with van der Waals surface area (Å²) in [4.78, 5) is 27.6. The maximum absolute atomic E-state index is 13.0. The molecule has 0 aliphatic carbocycles. The molecule has 0 saturated carbocycles. The highest BCUT2D eigenvalue weighted by Crippen LogP contribution is 2.25. The Bertz CT molecular complexity index is 594. The van der Waals surface area contributed by atoms with Crippen LogP contribution in [0.3, 0.4) is 0 Å². The Kier molecular flexibility index (Phi) is 28.2. The van der Waals surface area contributed by atoms with Gasteiger partial charge in [0.15, 0.2) is 0 Å². The summed E-state index contributed by atoms with van der Waals surface area (Å²) in [6.45, 7) is 9.68. The molecule has 0 aromatic carbocycles. The van der Waals surface area contributed by atoms with Crippen molar-refractivity contribution in [2.45, 2.75) is 181 Å². The lowest BCUT2D eigenvalue weighted by Gasteiger charge is -2.28. The van der Waals surface area contributed by atoms with E-state index in [-0.39, 0.29) is 36.5 Å². The summed E-state index contributed by atoms with van der Waals surface area (Å²) in [6, 6.07) is 0. The highest BCUT2D eigenvalue weighted by Gasteiger charge is 2.28. The van der Waals surface area contributed by atoms with Crippen LogP contribution in [-0.2, 0) is 19.1 Å². The van der Waals surface area contributed by atoms with Crippen LogP contribution >= 0.6 is 0 Å². The van der Waals surface area contributed by atoms with E-state index in [0.29, 0.717) is 6.42 Å². The molecule has 5 heteroatoms. The molecule has 0 heterocycles. The molecule has 0 bridgehead atoms. The summed E-state index contributed by atoms with van der Waals surface area (Å²) < 4.78 is 11.8. The lowest BCUT2D eigenvalue weighted by molar-refractivity contribution is -0.166. The minimum Gasteiger partial charge on any atom is -0.462 e. The SMILES string of the molecule is CCCCCCCCCCCCCCCCC(=O)OCC(OC(=O)C(C)CCN(C)C)C(CCCC)CCCCC. The number of hydrogen-bond donors (Lipinski definition) is 0. The molecular formula is C36H71NO4. The van der Waals surface area contributed by atoms with Crippen molar-refractivity contribution in [1.29, 1.82) is 0 Å². The molecule has 3 unspecified atom stereocenters. The van der Waals surface area contributed by atoms with Gasteiger partial charge in [0, 0.05) is 6.42 Å². The summed E-state index contributed by atoms with van der Waals surface area (Å²) in [7, 11) is 4.04. The molecule has 0 aromatic rings. The fourth-order valence-corrected chi connectivity index (χ4v) is 5.45. The summed E-state index contributed by atoms with van der Waals surface area (Å²) in [5.41, 5.74) is 0. The van der Waals surface area contributed by atoms with Crippen LogP contribution in [0.2, 0.25) is 0 Å². The van der Waals surface area contributed by atoms with Crippen molar-refractivity contribution in [3.8, 4) is 0 Å². The summed E-state index contributed by atoms with van der Waals surface area (Å²) in [6.07, 6.45) is 26.9. The van der Waals surface area contributed by atoms with Crippen LogP contribution in [0.1, 0.15) is 175 Å². The molecule has 0 aromatic heterocycles. The van der Waals surface area contributed by atoms with Crippen LogP contribution in [0.25, 0.3) is 0 Å². The van der Waals surface area contributed by atoms with E-state index in [1.807, 2.05) is 21.0 Å². The molecule has 0 aliphatic rings. The van der Waals surface area contributed by atoms with E-state index in [1.54, 1.807) is 0 Å². The van der Waals surface area contributed by atoms with Gasteiger partial charge in [0.05, 0.1) is 5.92 Å². The van der Waals surface area contributed by atoms with Gasteiger partial charge in [-0.1, -0.05) is 143 Å². The summed E-state index contributed by atoms with van der Waals surface area (Å²) in [5.74, 6) is -0.209. The predicted octanol–water partition coefficient (Wildman–Crippen LogP) is 10.3. The average Bonchev–Trinajstić information content (AvgIpc) is 2.95. The maximum atomic E-state index is 13.0. The third-order valence-corrected chi connectivity index (χ3v) is 8.45. The lowest BCUT2D eigenvalue weighted by Crippen LogP contribution is -2.35. The van der Waals surface area contributed by atoms with Crippen molar-refractivity contribution in [1.82, 2.24) is 4.90 Å². The fraction of sp³-hybridized carbons (Fsp3) is 0.944. The number of ether oxygens (including phenoxy) is 2. The largest absolute Gasteiger partial charge is 0.462 e. The molecule has 3 atom stereocenters. The van der Waals surface area contributed by atoms with Crippen molar-refractivity contribution in [3.05, 3.63) is 0 Å². The van der Waals surface area contributed by atoms with Crippen LogP contribution in [0.4, 0.5) is 0 Å². The van der Waals surface area contributed by atoms with E-state index >= 15 is 0 Å². The smallest absolute Gasteiger partial charge is 0.309 e. The zero-order valence-electron chi connectivity index (χ0n) is 28.5. The van der Waals surface area contributed by atoms with E-state index in [9.17, 15) is 9.59 Å². The van der Waals surface area contributed by atoms with E-state index < -0.39 is 0 Å². The first-order chi connectivity index (χ1) is 19.8. The Morgan fingerprint density at radius 1 is 0.610 bits per heavy atom. The predicted molar refractivity (Wildman–Crippen MR) is 175 cm³/mol. The highest BCUT2D eigenvalue weighted by atomic mass is 16.6. The third kappa shape index (κ3) is 25.1. The van der Waals surface area contributed by atoms with E-state index in [1.165, 1.54) is 89.9 Å². The molecule has 0 N–H and O–H groups in total. The minimum absolute atomic E-state index is 0.145. The number of rotatable bonds is 30. The zero-order chi connectivity index (χ0) is 30.6. The van der Waals surface area contributed by atoms with Crippen LogP contribution in [0.5, 0.6) is 0 Å². The van der Waals surface area contributed by atoms with Gasteiger partial charge in [-0.25, -0.2) is 0 Å². The Morgan fingerprint density at radius 2 is 1.07 bits per heavy atom. The van der Waals surface area contributed by atoms with Gasteiger partial charge in [-0.05, 0) is 52.2 Å². The van der Waals surface area contributed by atoms with Crippen LogP contribution in [0, 0.1) is 11.8 Å². The quantitative estimate of drug-likeness (QED) is 0.0624. The van der Waals surface area contributed by atoms with E-state index in [4.69, 9.17) is 9.47 Å². The van der Waals surface area contributed by atoms with Crippen molar-refractivity contribution >= 4 is 11.9 Å². The second-order valence-corrected chi connectivity index (χ2v) is 12.9. The van der Waals surface area contributed by atoms with Gasteiger partial charge in [-0.3, -0.25) is 9.59 Å². The molecule has 41 heavy (non-hydrogen) atoms. The van der Waals surface area contributed by atoms with Gasteiger partial charge < -0.3 is 14.4 Å². The molecule has 0 aliphatic heterocycles. The molecule has 0 rings (SSSR count). The van der Waals surface area contributed by atoms with Gasteiger partial charge in [-0.2, -0.15) is 0 Å². The highest BCUT2D eigenvalue weighted by molar-refractivity contribution is 5.72. The first-order valence-corrected chi connectivity index (χ1v) is 17.9. The minimum atomic E-state index is -0.340. The first-order valence-electron chi connectivity index (χ1n) is 17.9. The second kappa shape index (κ2) is 29.0. The normalized spacial score (nSPS) is 13.7. The monoisotopic (exact) mass is 582 g/mol. The molecular weight excluding hydrogens is 510 g/mol. The fourth-order valence-electron chi connectivity index (χ4n) is 5.45. The standard InChI is InChI=1S/C36H71NO4/c1-7-10-13-14-15-16-17-18-19-20-21-22-23-25-28-35(38)40-31-34(33(26-12-9-3)27-24-11-8-2)41-36(39)32(4)29-30-37(5)6/h32-34H,7-31H2,1-6H3. The summed E-state index contributed by atoms with van der Waals surface area (Å²) in [5, 5.41) is 0. The van der Waals surface area contributed by atoms with Crippen LogP contribution in [0.15, 0.2) is 0 Å². The number of carbonyl (C=O) groups excluding carboxylic acids is 2. The molecule has 0 radical (unpaired) electrons. The van der Waals surface area contributed by atoms with Gasteiger partial charge in [0.25, 0.3) is 0 Å². The van der Waals surface area contributed by atoms with Crippen molar-refractivity contribution < 1.29 is 19.1 Å². The number of unbranched alkanes of at least 4 members (excludes halogenated alkanes) is 16. The number of hydrogen-bond acceptors (Lipinski definition) is 5. The maximum Gasteiger partial charge on any atom is 0.309 e. The number of carbonyl (C=O) groups is 2. The van der Waals surface area contributed by atoms with Gasteiger partial charge in [-0.15, -0.1) is 0 Å². The van der Waals surface area contributed by atoms with Crippen molar-refractivity contribution in [3.63, 3.8) is 0 Å². The van der Waals surface area contributed by atoms with Gasteiger partial charge >= 0.3 is 11.9 Å². The van der Waals surface area contributed by atoms with Gasteiger partial charge in [0.1, 0.15) is 12.7 Å². The van der Waals surface area contributed by atoms with Crippen molar-refractivity contribution in [2.24, 2.45) is 11.8 Å². The Morgan fingerprint density at radius 3 is 1.59 bits per heavy atom. The first kappa shape index (κ1) is 39.9. The topological polar surface area (TPSA) is 55.8 Å². The lowest BCUT2D eigenvalue weighted by atomic mass is 9.90. The molecule has 0 fully saturated rings. The number of nitrogens with zero attached hydrogens (tertiary/aromatic N) is 1. The van der Waals surface area contributed by atoms with Crippen LogP contribution < -0.4 is 0 Å². The molecule has 0 saturated heterocycles. The zero-order valence-corrected chi connectivity index (χ0v) is 28.5. The Hall–Kier alpha value is -1.10. The third-order valence-electron chi connectivity index (χ3n) is 8.45. The Balaban J connectivity index is 4.43.